The van der Waals surface area contributed by atoms with Gasteiger partial charge in [-0.15, -0.1) is 0 Å². The number of phenolic OH excluding ortho intramolecular Hbond substituents is 1. The van der Waals surface area contributed by atoms with E-state index < -0.39 is 0 Å². The number of aromatic hydroxyl groups is 1. The van der Waals surface area contributed by atoms with Crippen LogP contribution in [0.3, 0.4) is 0 Å². The largest absolute Gasteiger partial charge is 0.508 e. The third-order valence-corrected chi connectivity index (χ3v) is 4.09. The van der Waals surface area contributed by atoms with Gasteiger partial charge in [-0.25, -0.2) is 4.98 Å². The SMILES string of the molecule is Oc1cccc(Nc2nc(N3CCCC3)c3ccccc3n2)c1. The molecule has 1 aromatic heterocycles. The van der Waals surface area contributed by atoms with Crippen molar-refractivity contribution in [2.45, 2.75) is 12.8 Å². The minimum Gasteiger partial charge on any atom is -0.508 e. The van der Waals surface area contributed by atoms with Crippen LogP contribution in [0.2, 0.25) is 0 Å². The molecular weight excluding hydrogens is 288 g/mol. The van der Waals surface area contributed by atoms with Gasteiger partial charge in [-0.05, 0) is 37.1 Å². The van der Waals surface area contributed by atoms with Gasteiger partial charge in [0.15, 0.2) is 0 Å². The van der Waals surface area contributed by atoms with E-state index in [1.54, 1.807) is 18.2 Å². The van der Waals surface area contributed by atoms with Crippen LogP contribution in [0.5, 0.6) is 5.75 Å². The van der Waals surface area contributed by atoms with Gasteiger partial charge in [-0.2, -0.15) is 4.98 Å². The topological polar surface area (TPSA) is 61.3 Å². The molecule has 3 aromatic rings. The maximum atomic E-state index is 9.60. The second-order valence-corrected chi connectivity index (χ2v) is 5.76. The average molecular weight is 306 g/mol. The highest BCUT2D eigenvalue weighted by atomic mass is 16.3. The highest BCUT2D eigenvalue weighted by Gasteiger charge is 2.18. The highest BCUT2D eigenvalue weighted by Crippen LogP contribution is 2.29. The van der Waals surface area contributed by atoms with Gasteiger partial charge in [0.2, 0.25) is 5.95 Å². The zero-order valence-corrected chi connectivity index (χ0v) is 12.7. The lowest BCUT2D eigenvalue weighted by Crippen LogP contribution is -2.20. The van der Waals surface area contributed by atoms with E-state index in [-0.39, 0.29) is 5.75 Å². The normalized spacial score (nSPS) is 14.3. The molecule has 4 rings (SSSR count). The molecule has 0 radical (unpaired) electrons. The number of para-hydroxylation sites is 1. The number of hydrogen-bond acceptors (Lipinski definition) is 5. The van der Waals surface area contributed by atoms with E-state index in [9.17, 15) is 5.11 Å². The lowest BCUT2D eigenvalue weighted by atomic mass is 10.2. The van der Waals surface area contributed by atoms with E-state index in [0.717, 1.165) is 35.5 Å². The first-order valence-electron chi connectivity index (χ1n) is 7.87. The van der Waals surface area contributed by atoms with Crippen LogP contribution in [0.4, 0.5) is 17.5 Å². The number of nitrogens with one attached hydrogen (secondary N) is 1. The third-order valence-electron chi connectivity index (χ3n) is 4.09. The Morgan fingerprint density at radius 2 is 1.78 bits per heavy atom. The Hall–Kier alpha value is -2.82. The molecule has 0 spiro atoms. The maximum Gasteiger partial charge on any atom is 0.229 e. The van der Waals surface area contributed by atoms with Gasteiger partial charge in [0.1, 0.15) is 11.6 Å². The van der Waals surface area contributed by atoms with Crippen molar-refractivity contribution in [1.29, 1.82) is 0 Å². The third kappa shape index (κ3) is 2.77. The lowest BCUT2D eigenvalue weighted by Gasteiger charge is -2.19. The molecule has 0 aliphatic carbocycles. The molecule has 0 atom stereocenters. The van der Waals surface area contributed by atoms with E-state index in [2.05, 4.69) is 21.3 Å². The highest BCUT2D eigenvalue weighted by molar-refractivity contribution is 5.90. The van der Waals surface area contributed by atoms with Gasteiger partial charge in [0.05, 0.1) is 5.52 Å². The predicted octanol–water partition coefficient (Wildman–Crippen LogP) is 3.68. The maximum absolute atomic E-state index is 9.60. The summed E-state index contributed by atoms with van der Waals surface area (Å²) in [6.07, 6.45) is 2.40. The summed E-state index contributed by atoms with van der Waals surface area (Å²) >= 11 is 0. The fourth-order valence-corrected chi connectivity index (χ4v) is 3.00. The number of benzene rings is 2. The summed E-state index contributed by atoms with van der Waals surface area (Å²) in [5.41, 5.74) is 1.69. The number of fused-ring (bicyclic) bond motifs is 1. The van der Waals surface area contributed by atoms with Crippen molar-refractivity contribution in [3.05, 3.63) is 48.5 Å². The minimum atomic E-state index is 0.218. The van der Waals surface area contributed by atoms with Crippen molar-refractivity contribution in [1.82, 2.24) is 9.97 Å². The number of rotatable bonds is 3. The van der Waals surface area contributed by atoms with E-state index >= 15 is 0 Å². The number of phenols is 1. The standard InChI is InChI=1S/C18H18N4O/c23-14-7-5-6-13(12-14)19-18-20-16-9-2-1-8-15(16)17(21-18)22-10-3-4-11-22/h1-2,5-9,12,23H,3-4,10-11H2,(H,19,20,21). The summed E-state index contributed by atoms with van der Waals surface area (Å²) in [4.78, 5) is 11.6. The summed E-state index contributed by atoms with van der Waals surface area (Å²) in [5.74, 6) is 1.75. The smallest absolute Gasteiger partial charge is 0.229 e. The van der Waals surface area contributed by atoms with E-state index in [0.29, 0.717) is 5.95 Å². The van der Waals surface area contributed by atoms with Gasteiger partial charge < -0.3 is 15.3 Å². The first kappa shape index (κ1) is 13.8. The molecule has 2 aromatic carbocycles. The summed E-state index contributed by atoms with van der Waals surface area (Å²) in [6.45, 7) is 2.07. The first-order valence-corrected chi connectivity index (χ1v) is 7.87. The quantitative estimate of drug-likeness (QED) is 0.773. The fourth-order valence-electron chi connectivity index (χ4n) is 3.00. The molecule has 0 amide bonds. The molecule has 1 aliphatic heterocycles. The Balaban J connectivity index is 1.77. The van der Waals surface area contributed by atoms with Crippen molar-refractivity contribution in [2.75, 3.05) is 23.3 Å². The molecule has 2 N–H and O–H groups in total. The van der Waals surface area contributed by atoms with Crippen LogP contribution in [0.15, 0.2) is 48.5 Å². The van der Waals surface area contributed by atoms with Crippen molar-refractivity contribution in [2.24, 2.45) is 0 Å². The van der Waals surface area contributed by atoms with Crippen molar-refractivity contribution >= 4 is 28.4 Å². The number of aromatic nitrogens is 2. The van der Waals surface area contributed by atoms with Gasteiger partial charge in [-0.1, -0.05) is 18.2 Å². The van der Waals surface area contributed by atoms with E-state index in [1.807, 2.05) is 24.3 Å². The molecule has 5 nitrogen and oxygen atoms in total. The Kier molecular flexibility index (Phi) is 3.46. The Labute approximate surface area is 134 Å². The summed E-state index contributed by atoms with van der Waals surface area (Å²) in [6, 6.07) is 15.1. The van der Waals surface area contributed by atoms with Crippen LogP contribution in [0, 0.1) is 0 Å². The first-order chi connectivity index (χ1) is 11.3. The Morgan fingerprint density at radius 1 is 0.957 bits per heavy atom. The van der Waals surface area contributed by atoms with Crippen LogP contribution in [0.1, 0.15) is 12.8 Å². The fraction of sp³-hybridized carbons (Fsp3) is 0.222. The number of nitrogens with zero attached hydrogens (tertiary/aromatic N) is 3. The molecule has 2 heterocycles. The minimum absolute atomic E-state index is 0.218. The second-order valence-electron chi connectivity index (χ2n) is 5.76. The molecule has 23 heavy (non-hydrogen) atoms. The summed E-state index contributed by atoms with van der Waals surface area (Å²) in [5, 5.41) is 13.9. The number of anilines is 3. The molecule has 5 heteroatoms. The van der Waals surface area contributed by atoms with Gasteiger partial charge in [0, 0.05) is 30.2 Å². The summed E-state index contributed by atoms with van der Waals surface area (Å²) < 4.78 is 0. The molecule has 116 valence electrons. The monoisotopic (exact) mass is 306 g/mol. The zero-order valence-electron chi connectivity index (χ0n) is 12.7. The Morgan fingerprint density at radius 3 is 2.61 bits per heavy atom. The molecule has 0 bridgehead atoms. The zero-order chi connectivity index (χ0) is 15.6. The molecule has 0 saturated carbocycles. The van der Waals surface area contributed by atoms with Gasteiger partial charge >= 0.3 is 0 Å². The molecule has 0 unspecified atom stereocenters. The number of hydrogen-bond donors (Lipinski definition) is 2. The van der Waals surface area contributed by atoms with Crippen LogP contribution in [0.25, 0.3) is 10.9 Å². The molecular formula is C18H18N4O. The lowest BCUT2D eigenvalue weighted by molar-refractivity contribution is 0.475. The molecule has 1 aliphatic rings. The Bertz CT molecular complexity index is 843. The van der Waals surface area contributed by atoms with Crippen LogP contribution in [-0.4, -0.2) is 28.2 Å². The van der Waals surface area contributed by atoms with E-state index in [1.165, 1.54) is 12.8 Å². The van der Waals surface area contributed by atoms with Gasteiger partial charge in [-0.3, -0.25) is 0 Å². The van der Waals surface area contributed by atoms with Crippen molar-refractivity contribution < 1.29 is 5.11 Å². The second kappa shape index (κ2) is 5.76. The molecule has 1 saturated heterocycles. The average Bonchev–Trinajstić information content (AvgIpc) is 3.08. The van der Waals surface area contributed by atoms with E-state index in [4.69, 9.17) is 4.98 Å². The predicted molar refractivity (Wildman–Crippen MR) is 92.4 cm³/mol. The van der Waals surface area contributed by atoms with Crippen LogP contribution < -0.4 is 10.2 Å². The van der Waals surface area contributed by atoms with Gasteiger partial charge in [0.25, 0.3) is 0 Å². The van der Waals surface area contributed by atoms with Crippen LogP contribution in [-0.2, 0) is 0 Å². The van der Waals surface area contributed by atoms with Crippen molar-refractivity contribution in [3.8, 4) is 5.75 Å². The summed E-state index contributed by atoms with van der Waals surface area (Å²) in [7, 11) is 0. The van der Waals surface area contributed by atoms with Crippen molar-refractivity contribution in [3.63, 3.8) is 0 Å². The molecule has 1 fully saturated rings. The van der Waals surface area contributed by atoms with Crippen LogP contribution >= 0.6 is 0 Å².